The Labute approximate surface area is 133 Å². The highest BCUT2D eigenvalue weighted by Crippen LogP contribution is 2.36. The van der Waals surface area contributed by atoms with Crippen molar-refractivity contribution in [2.75, 3.05) is 13.2 Å². The van der Waals surface area contributed by atoms with Gasteiger partial charge in [-0.3, -0.25) is 0 Å². The molecule has 4 nitrogen and oxygen atoms in total. The number of ether oxygens (including phenoxy) is 1. The fraction of sp³-hybridized carbons (Fsp3) is 0.647. The van der Waals surface area contributed by atoms with Crippen molar-refractivity contribution >= 4 is 12.6 Å². The SMILES string of the molecule is CC1(C)OB(c2cccc(OC[C@@H]3CCCN3)c2)OC1(C)C. The zero-order chi connectivity index (χ0) is 15.8. The molecule has 3 rings (SSSR count). The first kappa shape index (κ1) is 15.8. The summed E-state index contributed by atoms with van der Waals surface area (Å²) in [5.74, 6) is 0.876. The third-order valence-corrected chi connectivity index (χ3v) is 5.00. The highest BCUT2D eigenvalue weighted by molar-refractivity contribution is 6.62. The van der Waals surface area contributed by atoms with Gasteiger partial charge < -0.3 is 19.4 Å². The molecule has 5 heteroatoms. The number of hydrogen-bond acceptors (Lipinski definition) is 4. The fourth-order valence-electron chi connectivity index (χ4n) is 2.83. The van der Waals surface area contributed by atoms with E-state index in [9.17, 15) is 0 Å². The highest BCUT2D eigenvalue weighted by Gasteiger charge is 2.51. The van der Waals surface area contributed by atoms with Crippen LogP contribution < -0.4 is 15.5 Å². The summed E-state index contributed by atoms with van der Waals surface area (Å²) < 4.78 is 18.1. The minimum atomic E-state index is -0.335. The zero-order valence-electron chi connectivity index (χ0n) is 14.0. The largest absolute Gasteiger partial charge is 0.494 e. The lowest BCUT2D eigenvalue weighted by Gasteiger charge is -2.32. The van der Waals surface area contributed by atoms with Gasteiger partial charge in [0.25, 0.3) is 0 Å². The summed E-state index contributed by atoms with van der Waals surface area (Å²) in [5.41, 5.74) is 0.375. The normalized spacial score (nSPS) is 26.4. The van der Waals surface area contributed by atoms with Crippen molar-refractivity contribution in [2.45, 2.75) is 57.8 Å². The molecule has 1 atom stereocenters. The molecule has 1 N–H and O–H groups in total. The van der Waals surface area contributed by atoms with Crippen LogP contribution in [0.25, 0.3) is 0 Å². The molecular weight excluding hydrogens is 277 g/mol. The Balaban J connectivity index is 1.66. The van der Waals surface area contributed by atoms with E-state index in [-0.39, 0.29) is 18.3 Å². The summed E-state index contributed by atoms with van der Waals surface area (Å²) in [6.45, 7) is 10.1. The maximum absolute atomic E-state index is 6.09. The van der Waals surface area contributed by atoms with Crippen LogP contribution in [0, 0.1) is 0 Å². The second kappa shape index (κ2) is 5.87. The lowest BCUT2D eigenvalue weighted by Crippen LogP contribution is -2.41. The van der Waals surface area contributed by atoms with Gasteiger partial charge in [0.15, 0.2) is 0 Å². The van der Waals surface area contributed by atoms with Crippen molar-refractivity contribution in [3.05, 3.63) is 24.3 Å². The minimum Gasteiger partial charge on any atom is -0.492 e. The molecule has 0 spiro atoms. The van der Waals surface area contributed by atoms with Crippen molar-refractivity contribution < 1.29 is 14.0 Å². The molecule has 2 aliphatic heterocycles. The lowest BCUT2D eigenvalue weighted by atomic mass is 9.79. The minimum absolute atomic E-state index is 0.317. The average molecular weight is 303 g/mol. The van der Waals surface area contributed by atoms with Crippen LogP contribution in [0.5, 0.6) is 5.75 Å². The Bertz CT molecular complexity index is 510. The number of nitrogens with one attached hydrogen (secondary N) is 1. The molecule has 0 radical (unpaired) electrons. The van der Waals surface area contributed by atoms with E-state index in [1.54, 1.807) is 0 Å². The Morgan fingerprint density at radius 1 is 1.23 bits per heavy atom. The molecule has 2 heterocycles. The van der Waals surface area contributed by atoms with Gasteiger partial charge >= 0.3 is 7.12 Å². The predicted molar refractivity (Wildman–Crippen MR) is 88.7 cm³/mol. The molecule has 0 bridgehead atoms. The summed E-state index contributed by atoms with van der Waals surface area (Å²) in [4.78, 5) is 0. The molecule has 1 aromatic carbocycles. The molecule has 22 heavy (non-hydrogen) atoms. The first-order valence-electron chi connectivity index (χ1n) is 8.19. The van der Waals surface area contributed by atoms with Gasteiger partial charge in [0.05, 0.1) is 11.2 Å². The molecule has 0 unspecified atom stereocenters. The van der Waals surface area contributed by atoms with Gasteiger partial charge in [-0.2, -0.15) is 0 Å². The average Bonchev–Trinajstić information content (AvgIpc) is 3.04. The first-order chi connectivity index (χ1) is 10.4. The van der Waals surface area contributed by atoms with Crippen LogP contribution in [0.1, 0.15) is 40.5 Å². The molecule has 0 aliphatic carbocycles. The van der Waals surface area contributed by atoms with E-state index in [1.165, 1.54) is 12.8 Å². The van der Waals surface area contributed by atoms with Crippen molar-refractivity contribution in [2.24, 2.45) is 0 Å². The van der Waals surface area contributed by atoms with E-state index in [4.69, 9.17) is 14.0 Å². The Morgan fingerprint density at radius 3 is 2.59 bits per heavy atom. The maximum Gasteiger partial charge on any atom is 0.494 e. The van der Waals surface area contributed by atoms with Crippen LogP contribution in [-0.4, -0.2) is 37.5 Å². The van der Waals surface area contributed by atoms with Crippen LogP contribution in [0.3, 0.4) is 0 Å². The summed E-state index contributed by atoms with van der Waals surface area (Å²) in [5, 5.41) is 3.44. The monoisotopic (exact) mass is 303 g/mol. The van der Waals surface area contributed by atoms with Crippen LogP contribution >= 0.6 is 0 Å². The van der Waals surface area contributed by atoms with Gasteiger partial charge in [0.2, 0.25) is 0 Å². The van der Waals surface area contributed by atoms with Gasteiger partial charge in [-0.15, -0.1) is 0 Å². The van der Waals surface area contributed by atoms with Crippen LogP contribution in [0.4, 0.5) is 0 Å². The topological polar surface area (TPSA) is 39.7 Å². The van der Waals surface area contributed by atoms with Gasteiger partial charge in [-0.05, 0) is 64.7 Å². The molecule has 2 aliphatic rings. The first-order valence-corrected chi connectivity index (χ1v) is 8.19. The van der Waals surface area contributed by atoms with E-state index in [0.29, 0.717) is 12.6 Å². The summed E-state index contributed by atoms with van der Waals surface area (Å²) >= 11 is 0. The molecule has 0 amide bonds. The number of hydrogen-bond donors (Lipinski definition) is 1. The molecule has 120 valence electrons. The molecule has 1 aromatic rings. The van der Waals surface area contributed by atoms with Crippen molar-refractivity contribution in [3.8, 4) is 5.75 Å². The smallest absolute Gasteiger partial charge is 0.492 e. The van der Waals surface area contributed by atoms with E-state index in [2.05, 4.69) is 33.0 Å². The molecular formula is C17H26BNO3. The predicted octanol–water partition coefficient (Wildman–Crippen LogP) is 2.12. The standard InChI is InChI=1S/C17H26BNO3/c1-16(2)17(3,4)22-18(21-16)13-7-5-9-15(11-13)20-12-14-8-6-10-19-14/h5,7,9,11,14,19H,6,8,10,12H2,1-4H3/t14-/m0/s1. The number of benzene rings is 1. The lowest BCUT2D eigenvalue weighted by molar-refractivity contribution is 0.00578. The Morgan fingerprint density at radius 2 is 1.95 bits per heavy atom. The Kier molecular flexibility index (Phi) is 4.23. The van der Waals surface area contributed by atoms with Crippen LogP contribution in [-0.2, 0) is 9.31 Å². The summed E-state index contributed by atoms with van der Waals surface area (Å²) in [6.07, 6.45) is 2.43. The molecule has 2 fully saturated rings. The second-order valence-electron chi connectivity index (χ2n) is 7.27. The van der Waals surface area contributed by atoms with Gasteiger partial charge in [-0.25, -0.2) is 0 Å². The molecule has 0 saturated carbocycles. The second-order valence-corrected chi connectivity index (χ2v) is 7.27. The Hall–Kier alpha value is -1.04. The van der Waals surface area contributed by atoms with Crippen molar-refractivity contribution in [3.63, 3.8) is 0 Å². The third-order valence-electron chi connectivity index (χ3n) is 5.00. The van der Waals surface area contributed by atoms with E-state index >= 15 is 0 Å². The van der Waals surface area contributed by atoms with E-state index in [0.717, 1.165) is 17.8 Å². The van der Waals surface area contributed by atoms with E-state index < -0.39 is 0 Å². The molecule has 0 aromatic heterocycles. The van der Waals surface area contributed by atoms with Crippen molar-refractivity contribution in [1.29, 1.82) is 0 Å². The van der Waals surface area contributed by atoms with Gasteiger partial charge in [-0.1, -0.05) is 12.1 Å². The summed E-state index contributed by atoms with van der Waals surface area (Å²) in [7, 11) is -0.335. The van der Waals surface area contributed by atoms with Crippen LogP contribution in [0.2, 0.25) is 0 Å². The maximum atomic E-state index is 6.09. The zero-order valence-corrected chi connectivity index (χ0v) is 14.0. The van der Waals surface area contributed by atoms with Gasteiger partial charge in [0.1, 0.15) is 12.4 Å². The fourth-order valence-corrected chi connectivity index (χ4v) is 2.83. The number of rotatable bonds is 4. The molecule has 2 saturated heterocycles. The third kappa shape index (κ3) is 3.17. The van der Waals surface area contributed by atoms with Crippen LogP contribution in [0.15, 0.2) is 24.3 Å². The van der Waals surface area contributed by atoms with E-state index in [1.807, 2.05) is 24.3 Å². The highest BCUT2D eigenvalue weighted by atomic mass is 16.7. The van der Waals surface area contributed by atoms with Gasteiger partial charge in [0, 0.05) is 6.04 Å². The van der Waals surface area contributed by atoms with Crippen molar-refractivity contribution in [1.82, 2.24) is 5.32 Å². The summed E-state index contributed by atoms with van der Waals surface area (Å²) in [6, 6.07) is 8.52. The quantitative estimate of drug-likeness (QED) is 0.865.